The van der Waals surface area contributed by atoms with Gasteiger partial charge in [-0.2, -0.15) is 0 Å². The lowest BCUT2D eigenvalue weighted by Gasteiger charge is -2.33. The van der Waals surface area contributed by atoms with Crippen molar-refractivity contribution in [3.8, 4) is 0 Å². The molecule has 1 aromatic rings. The van der Waals surface area contributed by atoms with E-state index in [2.05, 4.69) is 34.5 Å². The van der Waals surface area contributed by atoms with Crippen molar-refractivity contribution < 1.29 is 4.79 Å². The van der Waals surface area contributed by atoms with Gasteiger partial charge in [0.15, 0.2) is 0 Å². The minimum absolute atomic E-state index is 0.187. The number of rotatable bonds is 3. The number of carbonyl (C=O) groups excluding carboxylic acids is 1. The molecule has 0 unspecified atom stereocenters. The molecule has 0 aromatic heterocycles. The first-order valence-electron chi connectivity index (χ1n) is 6.77. The fourth-order valence-electron chi connectivity index (χ4n) is 2.44. The fraction of sp³-hybridized carbons (Fsp3) is 0.533. The predicted octanol–water partition coefficient (Wildman–Crippen LogP) is 2.43. The summed E-state index contributed by atoms with van der Waals surface area (Å²) in [5, 5.41) is 3.01. The Hall–Kier alpha value is -1.51. The van der Waals surface area contributed by atoms with Crippen molar-refractivity contribution in [1.82, 2.24) is 5.32 Å². The van der Waals surface area contributed by atoms with Gasteiger partial charge in [0.05, 0.1) is 0 Å². The van der Waals surface area contributed by atoms with E-state index >= 15 is 0 Å². The van der Waals surface area contributed by atoms with Crippen LogP contribution in [0.15, 0.2) is 30.3 Å². The van der Waals surface area contributed by atoms with E-state index in [0.29, 0.717) is 0 Å². The van der Waals surface area contributed by atoms with E-state index in [1.54, 1.807) is 0 Å². The number of nitrogens with zero attached hydrogens (tertiary/aromatic N) is 1. The SMILES string of the molecule is CC(C)NC(=O)C1CCN(c2ccccc2)CC1. The lowest BCUT2D eigenvalue weighted by molar-refractivity contribution is -0.126. The standard InChI is InChI=1S/C15H22N2O/c1-12(2)16-15(18)13-8-10-17(11-9-13)14-6-4-3-5-7-14/h3-7,12-13H,8-11H2,1-2H3,(H,16,18). The smallest absolute Gasteiger partial charge is 0.223 e. The number of hydrogen-bond donors (Lipinski definition) is 1. The number of para-hydroxylation sites is 1. The second kappa shape index (κ2) is 5.89. The summed E-state index contributed by atoms with van der Waals surface area (Å²) in [6.07, 6.45) is 1.90. The topological polar surface area (TPSA) is 32.3 Å². The van der Waals surface area contributed by atoms with Crippen LogP contribution in [0.25, 0.3) is 0 Å². The van der Waals surface area contributed by atoms with Crippen LogP contribution >= 0.6 is 0 Å². The van der Waals surface area contributed by atoms with Crippen molar-refractivity contribution >= 4 is 11.6 Å². The molecule has 3 heteroatoms. The van der Waals surface area contributed by atoms with Crippen LogP contribution in [0.4, 0.5) is 5.69 Å². The summed E-state index contributed by atoms with van der Waals surface area (Å²) >= 11 is 0. The maximum Gasteiger partial charge on any atom is 0.223 e. The van der Waals surface area contributed by atoms with Crippen LogP contribution in [0.5, 0.6) is 0 Å². The molecule has 1 saturated heterocycles. The van der Waals surface area contributed by atoms with E-state index in [-0.39, 0.29) is 17.9 Å². The van der Waals surface area contributed by atoms with E-state index in [1.165, 1.54) is 5.69 Å². The Labute approximate surface area is 109 Å². The summed E-state index contributed by atoms with van der Waals surface area (Å²) in [7, 11) is 0. The lowest BCUT2D eigenvalue weighted by Crippen LogP contribution is -2.42. The first kappa shape index (κ1) is 12.9. The number of carbonyl (C=O) groups is 1. The van der Waals surface area contributed by atoms with Crippen LogP contribution in [-0.4, -0.2) is 25.0 Å². The number of nitrogens with one attached hydrogen (secondary N) is 1. The highest BCUT2D eigenvalue weighted by Gasteiger charge is 2.25. The number of anilines is 1. The Bertz CT molecular complexity index is 381. The van der Waals surface area contributed by atoms with Gasteiger partial charge in [0.2, 0.25) is 5.91 Å². The van der Waals surface area contributed by atoms with Crippen LogP contribution in [0.2, 0.25) is 0 Å². The third-order valence-electron chi connectivity index (χ3n) is 3.42. The molecule has 18 heavy (non-hydrogen) atoms. The lowest BCUT2D eigenvalue weighted by atomic mass is 9.95. The fourth-order valence-corrected chi connectivity index (χ4v) is 2.44. The molecule has 1 aromatic carbocycles. The van der Waals surface area contributed by atoms with Crippen molar-refractivity contribution in [2.45, 2.75) is 32.7 Å². The van der Waals surface area contributed by atoms with Crippen molar-refractivity contribution in [2.75, 3.05) is 18.0 Å². The molecule has 1 fully saturated rings. The van der Waals surface area contributed by atoms with Crippen LogP contribution in [-0.2, 0) is 4.79 Å². The molecule has 1 N–H and O–H groups in total. The van der Waals surface area contributed by atoms with Crippen molar-refractivity contribution in [1.29, 1.82) is 0 Å². The van der Waals surface area contributed by atoms with Gasteiger partial charge in [0.25, 0.3) is 0 Å². The molecule has 0 saturated carbocycles. The van der Waals surface area contributed by atoms with Crippen molar-refractivity contribution in [3.05, 3.63) is 30.3 Å². The molecule has 0 atom stereocenters. The van der Waals surface area contributed by atoms with E-state index in [4.69, 9.17) is 0 Å². The molecule has 0 spiro atoms. The van der Waals surface area contributed by atoms with Gasteiger partial charge in [0.1, 0.15) is 0 Å². The Morgan fingerprint density at radius 1 is 1.22 bits per heavy atom. The maximum atomic E-state index is 11.9. The zero-order valence-electron chi connectivity index (χ0n) is 11.2. The van der Waals surface area contributed by atoms with Crippen LogP contribution < -0.4 is 10.2 Å². The van der Waals surface area contributed by atoms with E-state index in [1.807, 2.05) is 19.9 Å². The Morgan fingerprint density at radius 3 is 2.39 bits per heavy atom. The molecule has 1 aliphatic heterocycles. The normalized spacial score (nSPS) is 16.9. The summed E-state index contributed by atoms with van der Waals surface area (Å²) < 4.78 is 0. The van der Waals surface area contributed by atoms with Gasteiger partial charge in [-0.1, -0.05) is 18.2 Å². The summed E-state index contributed by atoms with van der Waals surface area (Å²) in [6, 6.07) is 10.7. The average molecular weight is 246 g/mol. The first-order valence-corrected chi connectivity index (χ1v) is 6.77. The molecule has 1 aliphatic rings. The van der Waals surface area contributed by atoms with Gasteiger partial charge in [-0.15, -0.1) is 0 Å². The Morgan fingerprint density at radius 2 is 1.83 bits per heavy atom. The van der Waals surface area contributed by atoms with Crippen LogP contribution in [0.1, 0.15) is 26.7 Å². The van der Waals surface area contributed by atoms with Gasteiger partial charge in [-0.25, -0.2) is 0 Å². The quantitative estimate of drug-likeness (QED) is 0.888. The largest absolute Gasteiger partial charge is 0.371 e. The monoisotopic (exact) mass is 246 g/mol. The average Bonchev–Trinajstić information content (AvgIpc) is 2.39. The number of benzene rings is 1. The van der Waals surface area contributed by atoms with Gasteiger partial charge in [-0.3, -0.25) is 4.79 Å². The van der Waals surface area contributed by atoms with Crippen LogP contribution in [0, 0.1) is 5.92 Å². The van der Waals surface area contributed by atoms with Crippen molar-refractivity contribution in [2.24, 2.45) is 5.92 Å². The third kappa shape index (κ3) is 3.25. The molecule has 3 nitrogen and oxygen atoms in total. The summed E-state index contributed by atoms with van der Waals surface area (Å²) in [5.74, 6) is 0.407. The van der Waals surface area contributed by atoms with Crippen molar-refractivity contribution in [3.63, 3.8) is 0 Å². The molecule has 2 rings (SSSR count). The highest BCUT2D eigenvalue weighted by atomic mass is 16.1. The molecule has 1 amide bonds. The zero-order chi connectivity index (χ0) is 13.0. The summed E-state index contributed by atoms with van der Waals surface area (Å²) in [6.45, 7) is 5.97. The summed E-state index contributed by atoms with van der Waals surface area (Å²) in [5.41, 5.74) is 1.26. The molecule has 0 radical (unpaired) electrons. The van der Waals surface area contributed by atoms with Gasteiger partial charge < -0.3 is 10.2 Å². The molecule has 0 bridgehead atoms. The zero-order valence-corrected chi connectivity index (χ0v) is 11.2. The van der Waals surface area contributed by atoms with E-state index < -0.39 is 0 Å². The number of amides is 1. The second-order valence-corrected chi connectivity index (χ2v) is 5.26. The molecule has 98 valence electrons. The molecule has 0 aliphatic carbocycles. The minimum atomic E-state index is 0.187. The highest BCUT2D eigenvalue weighted by Crippen LogP contribution is 2.23. The van der Waals surface area contributed by atoms with Gasteiger partial charge in [0, 0.05) is 30.7 Å². The number of piperidine rings is 1. The maximum absolute atomic E-state index is 11.9. The van der Waals surface area contributed by atoms with Crippen LogP contribution in [0.3, 0.4) is 0 Å². The molecular weight excluding hydrogens is 224 g/mol. The summed E-state index contributed by atoms with van der Waals surface area (Å²) in [4.78, 5) is 14.3. The molecular formula is C15H22N2O. The van der Waals surface area contributed by atoms with Gasteiger partial charge >= 0.3 is 0 Å². The molecule has 1 heterocycles. The van der Waals surface area contributed by atoms with Gasteiger partial charge in [-0.05, 0) is 38.8 Å². The predicted molar refractivity (Wildman–Crippen MR) is 74.7 cm³/mol. The first-order chi connectivity index (χ1) is 8.66. The Balaban J connectivity index is 1.87. The number of hydrogen-bond acceptors (Lipinski definition) is 2. The third-order valence-corrected chi connectivity index (χ3v) is 3.42. The van der Waals surface area contributed by atoms with E-state index in [9.17, 15) is 4.79 Å². The Kier molecular flexibility index (Phi) is 4.24. The second-order valence-electron chi connectivity index (χ2n) is 5.26. The van der Waals surface area contributed by atoms with E-state index in [0.717, 1.165) is 25.9 Å². The minimum Gasteiger partial charge on any atom is -0.371 e. The highest BCUT2D eigenvalue weighted by molar-refractivity contribution is 5.79.